The van der Waals surface area contributed by atoms with Gasteiger partial charge in [0, 0.05) is 12.5 Å². The summed E-state index contributed by atoms with van der Waals surface area (Å²) in [5.74, 6) is -0.401. The first-order valence-electron chi connectivity index (χ1n) is 3.74. The molecule has 64 valence electrons. The Labute approximate surface area is 65.9 Å². The van der Waals surface area contributed by atoms with E-state index < -0.39 is 11.4 Å². The maximum absolute atomic E-state index is 10.9. The molecule has 4 N–H and O–H groups in total. The van der Waals surface area contributed by atoms with E-state index in [9.17, 15) is 4.79 Å². The maximum atomic E-state index is 10.9. The van der Waals surface area contributed by atoms with Crippen molar-refractivity contribution < 1.29 is 9.53 Å². The van der Waals surface area contributed by atoms with Gasteiger partial charge in [0.05, 0.1) is 6.61 Å². The normalized spacial score (nSPS) is 38.5. The van der Waals surface area contributed by atoms with Crippen LogP contribution in [0.2, 0.25) is 0 Å². The number of ether oxygens (including phenoxy) is 1. The van der Waals surface area contributed by atoms with Crippen LogP contribution >= 0.6 is 0 Å². The Hall–Kier alpha value is -0.610. The van der Waals surface area contributed by atoms with Gasteiger partial charge in [-0.05, 0) is 6.42 Å². The summed E-state index contributed by atoms with van der Waals surface area (Å²) in [6.45, 7) is 2.94. The molecule has 0 bridgehead atoms. The van der Waals surface area contributed by atoms with E-state index in [1.165, 1.54) is 0 Å². The first-order valence-corrected chi connectivity index (χ1v) is 3.74. The van der Waals surface area contributed by atoms with E-state index in [2.05, 4.69) is 0 Å². The monoisotopic (exact) mass is 158 g/mol. The van der Waals surface area contributed by atoms with E-state index in [-0.39, 0.29) is 5.92 Å². The lowest BCUT2D eigenvalue weighted by molar-refractivity contribution is -0.129. The molecule has 2 unspecified atom stereocenters. The highest BCUT2D eigenvalue weighted by atomic mass is 16.5. The number of primary amides is 1. The summed E-state index contributed by atoms with van der Waals surface area (Å²) < 4.78 is 5.14. The van der Waals surface area contributed by atoms with Crippen LogP contribution in [0.4, 0.5) is 0 Å². The number of carbonyl (C=O) groups excluding carboxylic acids is 1. The lowest BCUT2D eigenvalue weighted by Gasteiger charge is -2.36. The summed E-state index contributed by atoms with van der Waals surface area (Å²) in [7, 11) is 0. The van der Waals surface area contributed by atoms with Crippen molar-refractivity contribution in [2.75, 3.05) is 13.2 Å². The molecule has 1 rings (SSSR count). The lowest BCUT2D eigenvalue weighted by Crippen LogP contribution is -2.60. The largest absolute Gasteiger partial charge is 0.381 e. The number of carbonyl (C=O) groups is 1. The first kappa shape index (κ1) is 8.49. The van der Waals surface area contributed by atoms with Gasteiger partial charge in [0.2, 0.25) is 5.91 Å². The van der Waals surface area contributed by atoms with E-state index in [0.29, 0.717) is 19.6 Å². The summed E-state index contributed by atoms with van der Waals surface area (Å²) >= 11 is 0. The summed E-state index contributed by atoms with van der Waals surface area (Å²) in [6.07, 6.45) is 0.531. The van der Waals surface area contributed by atoms with Gasteiger partial charge in [0.25, 0.3) is 0 Å². The average Bonchev–Trinajstić information content (AvgIpc) is 1.95. The summed E-state index contributed by atoms with van der Waals surface area (Å²) in [6, 6.07) is 0. The van der Waals surface area contributed by atoms with Crippen molar-refractivity contribution in [3.05, 3.63) is 0 Å². The van der Waals surface area contributed by atoms with Crippen molar-refractivity contribution in [3.8, 4) is 0 Å². The van der Waals surface area contributed by atoms with Crippen LogP contribution in [0.1, 0.15) is 13.3 Å². The van der Waals surface area contributed by atoms with Crippen LogP contribution < -0.4 is 11.5 Å². The third kappa shape index (κ3) is 1.36. The molecule has 0 aromatic heterocycles. The molecule has 0 spiro atoms. The molecule has 0 aromatic rings. The van der Waals surface area contributed by atoms with Gasteiger partial charge >= 0.3 is 0 Å². The minimum atomic E-state index is -0.849. The van der Waals surface area contributed by atoms with E-state index in [4.69, 9.17) is 16.2 Å². The Morgan fingerprint density at radius 2 is 2.36 bits per heavy atom. The maximum Gasteiger partial charge on any atom is 0.237 e. The zero-order chi connectivity index (χ0) is 8.48. The summed E-state index contributed by atoms with van der Waals surface area (Å²) in [4.78, 5) is 10.9. The molecule has 0 aliphatic carbocycles. The predicted octanol–water partition coefficient (Wildman–Crippen LogP) is -0.774. The van der Waals surface area contributed by atoms with Crippen LogP contribution in [0, 0.1) is 5.92 Å². The van der Waals surface area contributed by atoms with Gasteiger partial charge in [-0.2, -0.15) is 0 Å². The van der Waals surface area contributed by atoms with Crippen molar-refractivity contribution in [2.24, 2.45) is 17.4 Å². The number of hydrogen-bond donors (Lipinski definition) is 2. The van der Waals surface area contributed by atoms with Crippen molar-refractivity contribution in [1.82, 2.24) is 0 Å². The molecule has 4 heteroatoms. The molecule has 1 amide bonds. The topological polar surface area (TPSA) is 78.3 Å². The van der Waals surface area contributed by atoms with Crippen molar-refractivity contribution in [1.29, 1.82) is 0 Å². The number of rotatable bonds is 1. The molecule has 1 aliphatic heterocycles. The average molecular weight is 158 g/mol. The van der Waals surface area contributed by atoms with Crippen molar-refractivity contribution in [3.63, 3.8) is 0 Å². The Bertz CT molecular complexity index is 172. The zero-order valence-electron chi connectivity index (χ0n) is 6.67. The highest BCUT2D eigenvalue weighted by Gasteiger charge is 2.40. The van der Waals surface area contributed by atoms with Gasteiger partial charge in [-0.3, -0.25) is 4.79 Å². The number of amides is 1. The Morgan fingerprint density at radius 1 is 1.73 bits per heavy atom. The predicted molar refractivity (Wildman–Crippen MR) is 40.7 cm³/mol. The van der Waals surface area contributed by atoms with Crippen LogP contribution in [0.3, 0.4) is 0 Å². The zero-order valence-corrected chi connectivity index (χ0v) is 6.67. The number of nitrogens with two attached hydrogens (primary N) is 2. The van der Waals surface area contributed by atoms with Gasteiger partial charge in [-0.15, -0.1) is 0 Å². The van der Waals surface area contributed by atoms with Crippen LogP contribution in [0.25, 0.3) is 0 Å². The van der Waals surface area contributed by atoms with Crippen LogP contribution in [0.5, 0.6) is 0 Å². The van der Waals surface area contributed by atoms with Gasteiger partial charge in [-0.25, -0.2) is 0 Å². The van der Waals surface area contributed by atoms with Gasteiger partial charge in [0.1, 0.15) is 5.54 Å². The third-order valence-corrected chi connectivity index (χ3v) is 2.37. The third-order valence-electron chi connectivity index (χ3n) is 2.37. The fourth-order valence-electron chi connectivity index (χ4n) is 1.26. The quantitative estimate of drug-likeness (QED) is 0.525. The van der Waals surface area contributed by atoms with Crippen LogP contribution in [-0.2, 0) is 9.53 Å². The molecule has 0 saturated carbocycles. The molecule has 2 atom stereocenters. The molecule has 0 aromatic carbocycles. The van der Waals surface area contributed by atoms with E-state index in [1.807, 2.05) is 6.92 Å². The minimum absolute atomic E-state index is 0.0220. The molecule has 1 saturated heterocycles. The van der Waals surface area contributed by atoms with E-state index in [1.54, 1.807) is 0 Å². The van der Waals surface area contributed by atoms with Crippen molar-refractivity contribution >= 4 is 5.91 Å². The van der Waals surface area contributed by atoms with Gasteiger partial charge in [-0.1, -0.05) is 6.92 Å². The molecule has 4 nitrogen and oxygen atoms in total. The molecular formula is C7H14N2O2. The highest BCUT2D eigenvalue weighted by Crippen LogP contribution is 2.23. The van der Waals surface area contributed by atoms with Gasteiger partial charge in [0.15, 0.2) is 0 Å². The molecule has 1 aliphatic rings. The van der Waals surface area contributed by atoms with Crippen LogP contribution in [0.15, 0.2) is 0 Å². The smallest absolute Gasteiger partial charge is 0.237 e. The lowest BCUT2D eigenvalue weighted by atomic mass is 9.81. The second kappa shape index (κ2) is 2.79. The summed E-state index contributed by atoms with van der Waals surface area (Å²) in [5, 5.41) is 0. The van der Waals surface area contributed by atoms with E-state index >= 15 is 0 Å². The second-order valence-electron chi connectivity index (χ2n) is 3.13. The Kier molecular flexibility index (Phi) is 2.15. The number of hydrogen-bond acceptors (Lipinski definition) is 3. The standard InChI is InChI=1S/C7H14N2O2/c1-5-4-11-3-2-7(5,9)6(8)10/h5H,2-4,9H2,1H3,(H2,8,10). The Balaban J connectivity index is 2.72. The molecule has 1 heterocycles. The molecule has 11 heavy (non-hydrogen) atoms. The molecule has 1 fully saturated rings. The summed E-state index contributed by atoms with van der Waals surface area (Å²) in [5.41, 5.74) is 10.1. The van der Waals surface area contributed by atoms with Gasteiger partial charge < -0.3 is 16.2 Å². The molecular weight excluding hydrogens is 144 g/mol. The fourth-order valence-corrected chi connectivity index (χ4v) is 1.26. The fraction of sp³-hybridized carbons (Fsp3) is 0.857. The van der Waals surface area contributed by atoms with Crippen LogP contribution in [-0.4, -0.2) is 24.7 Å². The second-order valence-corrected chi connectivity index (χ2v) is 3.13. The highest BCUT2D eigenvalue weighted by molar-refractivity contribution is 5.84. The SMILES string of the molecule is CC1COCCC1(N)C(N)=O. The Morgan fingerprint density at radius 3 is 2.73 bits per heavy atom. The van der Waals surface area contributed by atoms with Crippen molar-refractivity contribution in [2.45, 2.75) is 18.9 Å². The first-order chi connectivity index (χ1) is 5.07. The molecule has 0 radical (unpaired) electrons. The van der Waals surface area contributed by atoms with E-state index in [0.717, 1.165) is 0 Å². The minimum Gasteiger partial charge on any atom is -0.381 e.